The first-order valence-corrected chi connectivity index (χ1v) is 10.3. The zero-order chi connectivity index (χ0) is 22.1. The number of fused-ring (bicyclic) bond motifs is 1. The largest absolute Gasteiger partial charge is 0.464 e. The lowest BCUT2D eigenvalue weighted by molar-refractivity contribution is -0.122. The van der Waals surface area contributed by atoms with Crippen molar-refractivity contribution < 1.29 is 9.53 Å². The van der Waals surface area contributed by atoms with Crippen molar-refractivity contribution in [3.05, 3.63) is 71.4 Å². The fourth-order valence-electron chi connectivity index (χ4n) is 3.85. The number of carbonyl (C=O) groups is 1. The lowest BCUT2D eigenvalue weighted by Crippen LogP contribution is -2.30. The van der Waals surface area contributed by atoms with E-state index < -0.39 is 6.10 Å². The van der Waals surface area contributed by atoms with E-state index in [4.69, 9.17) is 4.74 Å². The molecule has 4 aromatic rings. The van der Waals surface area contributed by atoms with Gasteiger partial charge in [0.15, 0.2) is 11.8 Å². The van der Waals surface area contributed by atoms with Gasteiger partial charge in [-0.1, -0.05) is 36.4 Å². The van der Waals surface area contributed by atoms with Crippen molar-refractivity contribution in [1.29, 1.82) is 0 Å². The number of anilines is 1. The number of rotatable bonds is 5. The predicted octanol–water partition coefficient (Wildman–Crippen LogP) is 4.97. The Bertz CT molecular complexity index is 1240. The molecule has 0 aliphatic rings. The number of hydrogen-bond acceptors (Lipinski definition) is 4. The second-order valence-electron chi connectivity index (χ2n) is 7.91. The molecule has 1 atom stereocenters. The zero-order valence-corrected chi connectivity index (χ0v) is 18.4. The van der Waals surface area contributed by atoms with Crippen LogP contribution in [-0.2, 0) is 11.8 Å². The van der Waals surface area contributed by atoms with Crippen LogP contribution < -0.4 is 10.1 Å². The third-order valence-corrected chi connectivity index (χ3v) is 5.19. The number of nitrogens with zero attached hydrogens (tertiary/aromatic N) is 3. The van der Waals surface area contributed by atoms with Crippen molar-refractivity contribution in [2.24, 2.45) is 7.05 Å². The molecule has 0 fully saturated rings. The molecule has 6 nitrogen and oxygen atoms in total. The molecule has 0 unspecified atom stereocenters. The first-order valence-electron chi connectivity index (χ1n) is 10.3. The summed E-state index contributed by atoms with van der Waals surface area (Å²) in [5, 5.41) is 8.44. The summed E-state index contributed by atoms with van der Waals surface area (Å²) in [5.74, 6) is 0.159. The summed E-state index contributed by atoms with van der Waals surface area (Å²) in [6, 6.07) is 17.9. The second kappa shape index (κ2) is 8.22. The Morgan fingerprint density at radius 1 is 1.03 bits per heavy atom. The van der Waals surface area contributed by atoms with Crippen molar-refractivity contribution >= 4 is 22.6 Å². The van der Waals surface area contributed by atoms with Gasteiger partial charge in [-0.2, -0.15) is 10.1 Å². The topological polar surface area (TPSA) is 69.0 Å². The summed E-state index contributed by atoms with van der Waals surface area (Å²) < 4.78 is 7.72. The smallest absolute Gasteiger partial charge is 0.265 e. The maximum Gasteiger partial charge on any atom is 0.265 e. The van der Waals surface area contributed by atoms with E-state index in [0.29, 0.717) is 5.88 Å². The highest BCUT2D eigenvalue weighted by Crippen LogP contribution is 2.33. The monoisotopic (exact) mass is 414 g/mol. The Labute approximate surface area is 181 Å². The van der Waals surface area contributed by atoms with Crippen molar-refractivity contribution in [3.8, 4) is 17.0 Å². The van der Waals surface area contributed by atoms with Gasteiger partial charge in [0.05, 0.1) is 11.1 Å². The number of pyridine rings is 1. The van der Waals surface area contributed by atoms with Crippen LogP contribution in [-0.4, -0.2) is 26.8 Å². The lowest BCUT2D eigenvalue weighted by atomic mass is 10.0. The van der Waals surface area contributed by atoms with Crippen LogP contribution in [0, 0.1) is 20.8 Å². The van der Waals surface area contributed by atoms with E-state index in [1.165, 1.54) is 0 Å². The van der Waals surface area contributed by atoms with Gasteiger partial charge in [0.1, 0.15) is 0 Å². The summed E-state index contributed by atoms with van der Waals surface area (Å²) >= 11 is 0. The molecule has 0 spiro atoms. The molecule has 0 bridgehead atoms. The van der Waals surface area contributed by atoms with Gasteiger partial charge in [-0.25, -0.2) is 0 Å². The predicted molar refractivity (Wildman–Crippen MR) is 123 cm³/mol. The van der Waals surface area contributed by atoms with E-state index in [1.54, 1.807) is 11.6 Å². The highest BCUT2D eigenvalue weighted by molar-refractivity contribution is 5.96. The minimum absolute atomic E-state index is 0.227. The number of carbonyl (C=O) groups excluding carboxylic acids is 1. The molecule has 2 aromatic heterocycles. The summed E-state index contributed by atoms with van der Waals surface area (Å²) in [5.41, 5.74) is 6.59. The van der Waals surface area contributed by atoms with Crippen molar-refractivity contribution in [3.63, 3.8) is 0 Å². The highest BCUT2D eigenvalue weighted by Gasteiger charge is 2.20. The van der Waals surface area contributed by atoms with Crippen LogP contribution in [0.4, 0.5) is 5.69 Å². The third-order valence-electron chi connectivity index (χ3n) is 5.19. The molecule has 4 rings (SSSR count). The zero-order valence-electron chi connectivity index (χ0n) is 18.4. The number of hydrogen-bond donors (Lipinski definition) is 1. The van der Waals surface area contributed by atoms with Gasteiger partial charge < -0.3 is 10.1 Å². The second-order valence-corrected chi connectivity index (χ2v) is 7.91. The summed E-state index contributed by atoms with van der Waals surface area (Å²) in [6.07, 6.45) is -0.719. The SMILES string of the molecule is Cc1cc(C)cc(NC(=O)[C@H](C)Oc2cc(-c3ccccc3)c3c(C)nn(C)c3n2)c1. The fourth-order valence-corrected chi connectivity index (χ4v) is 3.85. The maximum atomic E-state index is 12.7. The van der Waals surface area contributed by atoms with Crippen LogP contribution >= 0.6 is 0 Å². The fraction of sp³-hybridized carbons (Fsp3) is 0.240. The van der Waals surface area contributed by atoms with Crippen LogP contribution in [0.25, 0.3) is 22.2 Å². The molecule has 2 aromatic carbocycles. The molecule has 0 aliphatic heterocycles. The third kappa shape index (κ3) is 4.28. The first kappa shape index (κ1) is 20.6. The number of amides is 1. The molecular formula is C25H26N4O2. The average Bonchev–Trinajstić information content (AvgIpc) is 3.01. The highest BCUT2D eigenvalue weighted by atomic mass is 16.5. The first-order chi connectivity index (χ1) is 14.8. The van der Waals surface area contributed by atoms with E-state index in [-0.39, 0.29) is 5.91 Å². The Morgan fingerprint density at radius 2 is 1.71 bits per heavy atom. The molecule has 0 saturated carbocycles. The van der Waals surface area contributed by atoms with Gasteiger partial charge in [0, 0.05) is 18.8 Å². The molecule has 6 heteroatoms. The van der Waals surface area contributed by atoms with E-state index in [2.05, 4.69) is 21.5 Å². The number of ether oxygens (including phenoxy) is 1. The van der Waals surface area contributed by atoms with Crippen molar-refractivity contribution in [1.82, 2.24) is 14.8 Å². The van der Waals surface area contributed by atoms with Crippen molar-refractivity contribution in [2.45, 2.75) is 33.8 Å². The Morgan fingerprint density at radius 3 is 2.39 bits per heavy atom. The summed E-state index contributed by atoms with van der Waals surface area (Å²) in [6.45, 7) is 7.70. The van der Waals surface area contributed by atoms with Crippen LogP contribution in [0.3, 0.4) is 0 Å². The molecule has 1 N–H and O–H groups in total. The molecule has 2 heterocycles. The minimum Gasteiger partial charge on any atom is -0.464 e. The maximum absolute atomic E-state index is 12.7. The Hall–Kier alpha value is -3.67. The van der Waals surface area contributed by atoms with E-state index in [1.807, 2.05) is 76.3 Å². The lowest BCUT2D eigenvalue weighted by Gasteiger charge is -2.16. The van der Waals surface area contributed by atoms with Gasteiger partial charge in [-0.15, -0.1) is 0 Å². The summed E-state index contributed by atoms with van der Waals surface area (Å²) in [4.78, 5) is 17.4. The quantitative estimate of drug-likeness (QED) is 0.501. The number of aromatic nitrogens is 3. The van der Waals surface area contributed by atoms with E-state index in [0.717, 1.165) is 44.7 Å². The van der Waals surface area contributed by atoms with E-state index >= 15 is 0 Å². The van der Waals surface area contributed by atoms with E-state index in [9.17, 15) is 4.79 Å². The number of aryl methyl sites for hydroxylation is 4. The molecule has 0 radical (unpaired) electrons. The molecule has 31 heavy (non-hydrogen) atoms. The average molecular weight is 415 g/mol. The van der Waals surface area contributed by atoms with Gasteiger partial charge in [-0.3, -0.25) is 9.48 Å². The molecule has 1 amide bonds. The van der Waals surface area contributed by atoms with Crippen LogP contribution in [0.5, 0.6) is 5.88 Å². The van der Waals surface area contributed by atoms with Crippen LogP contribution in [0.1, 0.15) is 23.7 Å². The standard InChI is InChI=1S/C25H26N4O2/c1-15-11-16(2)13-20(12-15)26-25(30)18(4)31-22-14-21(19-9-7-6-8-10-19)23-17(3)28-29(5)24(23)27-22/h6-14,18H,1-5H3,(H,26,30)/t18-/m0/s1. The van der Waals surface area contributed by atoms with Gasteiger partial charge in [0.25, 0.3) is 5.91 Å². The number of nitrogens with one attached hydrogen (secondary N) is 1. The van der Waals surface area contributed by atoms with Crippen molar-refractivity contribution in [2.75, 3.05) is 5.32 Å². The van der Waals surface area contributed by atoms with Gasteiger partial charge in [0.2, 0.25) is 5.88 Å². The normalized spacial score (nSPS) is 12.0. The van der Waals surface area contributed by atoms with Crippen LogP contribution in [0.2, 0.25) is 0 Å². The Kier molecular flexibility index (Phi) is 5.46. The molecule has 158 valence electrons. The minimum atomic E-state index is -0.719. The molecule has 0 aliphatic carbocycles. The van der Waals surface area contributed by atoms with Gasteiger partial charge >= 0.3 is 0 Å². The molecular weight excluding hydrogens is 388 g/mol. The number of benzene rings is 2. The molecule has 0 saturated heterocycles. The Balaban J connectivity index is 1.65. The van der Waals surface area contributed by atoms with Crippen LogP contribution in [0.15, 0.2) is 54.6 Å². The summed E-state index contributed by atoms with van der Waals surface area (Å²) in [7, 11) is 1.86. The van der Waals surface area contributed by atoms with Gasteiger partial charge in [-0.05, 0) is 62.1 Å².